The standard InChI is InChI=1S/C30H8F10O4S4/c31-19-21(33)25(37)29(26(38)22(19)34)45-9-1-3-11-13-7-14-12-4-2-10(46-30-27(39)23(35)20(32)24(36)28(30)40)6-16(12)48(43,44)18(14)8-17(13)47(41,42)15(11)5-9/h1-8H. The largest absolute Gasteiger partial charge is 0.218 e. The quantitative estimate of drug-likeness (QED) is 0.102. The van der Waals surface area contributed by atoms with Gasteiger partial charge in [-0.1, -0.05) is 35.7 Å². The van der Waals surface area contributed by atoms with Crippen LogP contribution >= 0.6 is 23.5 Å². The van der Waals surface area contributed by atoms with Crippen LogP contribution < -0.4 is 0 Å². The number of benzene rings is 5. The lowest BCUT2D eigenvalue weighted by molar-refractivity contribution is 0.361. The first-order valence-corrected chi connectivity index (χ1v) is 17.4. The summed E-state index contributed by atoms with van der Waals surface area (Å²) in [5, 5.41) is 0. The Bertz CT molecular complexity index is 2330. The molecule has 0 saturated heterocycles. The Hall–Kier alpha value is -4.00. The summed E-state index contributed by atoms with van der Waals surface area (Å²) in [6.45, 7) is 0. The van der Waals surface area contributed by atoms with Crippen molar-refractivity contribution in [2.45, 2.75) is 39.2 Å². The molecule has 2 aliphatic rings. The van der Waals surface area contributed by atoms with Crippen LogP contribution in [0, 0.1) is 58.2 Å². The predicted octanol–water partition coefficient (Wildman–Crippen LogP) is 9.01. The Morgan fingerprint density at radius 2 is 0.646 bits per heavy atom. The molecule has 0 saturated carbocycles. The first-order valence-electron chi connectivity index (χ1n) is 12.8. The van der Waals surface area contributed by atoms with E-state index in [1.165, 1.54) is 18.2 Å². The van der Waals surface area contributed by atoms with E-state index in [-0.39, 0.29) is 55.6 Å². The van der Waals surface area contributed by atoms with Crippen LogP contribution in [0.1, 0.15) is 0 Å². The summed E-state index contributed by atoms with van der Waals surface area (Å²) in [5.74, 6) is -22.0. The van der Waals surface area contributed by atoms with E-state index in [9.17, 15) is 60.7 Å². The van der Waals surface area contributed by atoms with E-state index in [4.69, 9.17) is 0 Å². The summed E-state index contributed by atoms with van der Waals surface area (Å²) in [4.78, 5) is -4.86. The summed E-state index contributed by atoms with van der Waals surface area (Å²) in [6, 6.07) is 8.70. The zero-order chi connectivity index (χ0) is 34.8. The van der Waals surface area contributed by atoms with Gasteiger partial charge in [-0.25, -0.2) is 60.7 Å². The van der Waals surface area contributed by atoms with Gasteiger partial charge in [-0.15, -0.1) is 0 Å². The molecule has 0 aromatic heterocycles. The van der Waals surface area contributed by atoms with Crippen LogP contribution in [0.25, 0.3) is 22.3 Å². The van der Waals surface area contributed by atoms with Gasteiger partial charge in [0.15, 0.2) is 46.5 Å². The zero-order valence-corrected chi connectivity index (χ0v) is 25.9. The molecule has 2 heterocycles. The summed E-state index contributed by atoms with van der Waals surface area (Å²) in [6.07, 6.45) is 0. The number of hydrogen-bond acceptors (Lipinski definition) is 6. The maximum absolute atomic E-state index is 14.3. The molecular weight excluding hydrogens is 743 g/mol. The van der Waals surface area contributed by atoms with Crippen molar-refractivity contribution in [2.24, 2.45) is 0 Å². The highest BCUT2D eigenvalue weighted by molar-refractivity contribution is 7.99. The lowest BCUT2D eigenvalue weighted by Crippen LogP contribution is -2.03. The van der Waals surface area contributed by atoms with Gasteiger partial charge >= 0.3 is 0 Å². The topological polar surface area (TPSA) is 68.3 Å². The molecule has 0 amide bonds. The van der Waals surface area contributed by atoms with Crippen LogP contribution in [0.2, 0.25) is 0 Å². The van der Waals surface area contributed by atoms with Crippen LogP contribution in [0.5, 0.6) is 0 Å². The molecule has 0 bridgehead atoms. The minimum absolute atomic E-state index is 0.0134. The van der Waals surface area contributed by atoms with E-state index >= 15 is 0 Å². The summed E-state index contributed by atoms with van der Waals surface area (Å²) >= 11 is 0.151. The molecule has 246 valence electrons. The van der Waals surface area contributed by atoms with E-state index in [1.54, 1.807) is 0 Å². The average molecular weight is 751 g/mol. The van der Waals surface area contributed by atoms with Crippen molar-refractivity contribution in [1.82, 2.24) is 0 Å². The minimum atomic E-state index is -4.51. The van der Waals surface area contributed by atoms with Crippen molar-refractivity contribution in [2.75, 3.05) is 0 Å². The average Bonchev–Trinajstić information content (AvgIpc) is 3.42. The number of sulfone groups is 2. The van der Waals surface area contributed by atoms with Gasteiger partial charge in [0, 0.05) is 32.0 Å². The number of fused-ring (bicyclic) bond motifs is 6. The van der Waals surface area contributed by atoms with Crippen LogP contribution in [0.4, 0.5) is 43.9 Å². The molecule has 4 nitrogen and oxygen atoms in total. The van der Waals surface area contributed by atoms with E-state index in [2.05, 4.69) is 0 Å². The van der Waals surface area contributed by atoms with Gasteiger partial charge in [-0.05, 0) is 36.4 Å². The van der Waals surface area contributed by atoms with Crippen molar-refractivity contribution in [1.29, 1.82) is 0 Å². The zero-order valence-electron chi connectivity index (χ0n) is 22.7. The molecule has 0 N–H and O–H groups in total. The molecule has 0 radical (unpaired) electrons. The van der Waals surface area contributed by atoms with Gasteiger partial charge in [-0.3, -0.25) is 0 Å². The SMILES string of the molecule is O=S1(=O)c2cc(Sc3c(F)c(F)c(F)c(F)c3F)ccc2-c2cc3c(cc21)S(=O)(=O)c1cc(Sc2c(F)c(F)c(F)c(F)c2F)ccc1-3. The van der Waals surface area contributed by atoms with Crippen molar-refractivity contribution in [3.63, 3.8) is 0 Å². The van der Waals surface area contributed by atoms with E-state index in [0.717, 1.165) is 30.3 Å². The molecule has 5 aromatic carbocycles. The fraction of sp³-hybridized carbons (Fsp3) is 0. The minimum Gasteiger partial charge on any atom is -0.218 e. The Labute approximate surface area is 271 Å². The molecule has 0 fully saturated rings. The molecule has 5 aromatic rings. The Balaban J connectivity index is 1.30. The number of hydrogen-bond donors (Lipinski definition) is 0. The highest BCUT2D eigenvalue weighted by atomic mass is 32.2. The lowest BCUT2D eigenvalue weighted by atomic mass is 9.99. The maximum Gasteiger partial charge on any atom is 0.207 e. The molecule has 2 aliphatic heterocycles. The molecule has 7 rings (SSSR count). The smallest absolute Gasteiger partial charge is 0.207 e. The molecule has 0 unspecified atom stereocenters. The third kappa shape index (κ3) is 4.45. The summed E-state index contributed by atoms with van der Waals surface area (Å²) in [5.41, 5.74) is 0.0803. The van der Waals surface area contributed by atoms with Gasteiger partial charge in [-0.2, -0.15) is 0 Å². The monoisotopic (exact) mass is 750 g/mol. The highest BCUT2D eigenvalue weighted by Gasteiger charge is 2.41. The summed E-state index contributed by atoms with van der Waals surface area (Å²) in [7, 11) is -9.03. The second kappa shape index (κ2) is 10.8. The Morgan fingerprint density at radius 1 is 0.354 bits per heavy atom. The third-order valence-electron chi connectivity index (χ3n) is 7.51. The third-order valence-corrected chi connectivity index (χ3v) is 13.3. The van der Waals surface area contributed by atoms with Gasteiger partial charge in [0.2, 0.25) is 31.3 Å². The number of halogens is 10. The van der Waals surface area contributed by atoms with Crippen LogP contribution in [0.15, 0.2) is 87.7 Å². The van der Waals surface area contributed by atoms with Gasteiger partial charge < -0.3 is 0 Å². The second-order valence-electron chi connectivity index (χ2n) is 10.2. The van der Waals surface area contributed by atoms with Crippen LogP contribution in [-0.2, 0) is 19.7 Å². The first-order chi connectivity index (χ1) is 22.5. The van der Waals surface area contributed by atoms with Crippen LogP contribution in [-0.4, -0.2) is 16.8 Å². The van der Waals surface area contributed by atoms with E-state index in [0.29, 0.717) is 0 Å². The molecular formula is C30H8F10O4S4. The Morgan fingerprint density at radius 3 is 0.979 bits per heavy atom. The van der Waals surface area contributed by atoms with Crippen molar-refractivity contribution >= 4 is 43.2 Å². The predicted molar refractivity (Wildman–Crippen MR) is 149 cm³/mol. The van der Waals surface area contributed by atoms with Crippen molar-refractivity contribution < 1.29 is 60.7 Å². The first kappa shape index (κ1) is 32.5. The number of rotatable bonds is 4. The van der Waals surface area contributed by atoms with Crippen molar-refractivity contribution in [3.8, 4) is 22.3 Å². The molecule has 18 heteroatoms. The maximum atomic E-state index is 14.3. The molecule has 0 spiro atoms. The second-order valence-corrected chi connectivity index (χ2v) is 16.1. The summed E-state index contributed by atoms with van der Waals surface area (Å²) < 4.78 is 193. The van der Waals surface area contributed by atoms with Gasteiger partial charge in [0.25, 0.3) is 0 Å². The fourth-order valence-electron chi connectivity index (χ4n) is 5.27. The van der Waals surface area contributed by atoms with Gasteiger partial charge in [0.1, 0.15) is 0 Å². The van der Waals surface area contributed by atoms with E-state index in [1.807, 2.05) is 0 Å². The van der Waals surface area contributed by atoms with Gasteiger partial charge in [0.05, 0.1) is 29.4 Å². The normalized spacial score (nSPS) is 14.9. The van der Waals surface area contributed by atoms with Crippen LogP contribution in [0.3, 0.4) is 0 Å². The Kier molecular flexibility index (Phi) is 7.29. The van der Waals surface area contributed by atoms with Crippen molar-refractivity contribution in [3.05, 3.63) is 107 Å². The van der Waals surface area contributed by atoms with E-state index < -0.39 is 107 Å². The molecule has 0 atom stereocenters. The fourth-order valence-corrected chi connectivity index (χ4v) is 10.7. The lowest BCUT2D eigenvalue weighted by Gasteiger charge is -2.09. The molecule has 48 heavy (non-hydrogen) atoms. The molecule has 0 aliphatic carbocycles. The highest BCUT2D eigenvalue weighted by Crippen LogP contribution is 2.53.